The summed E-state index contributed by atoms with van der Waals surface area (Å²) in [6.07, 6.45) is 4.70. The normalized spacial score (nSPS) is 19.7. The Hall–Kier alpha value is -4.50. The van der Waals surface area contributed by atoms with Gasteiger partial charge >= 0.3 is 6.18 Å². The number of benzene rings is 2. The number of likely N-dealkylation sites (tertiary alicyclic amines) is 1. The van der Waals surface area contributed by atoms with Crippen molar-refractivity contribution in [3.05, 3.63) is 72.3 Å². The van der Waals surface area contributed by atoms with Crippen molar-refractivity contribution in [1.82, 2.24) is 24.6 Å². The number of hydrogen-bond acceptors (Lipinski definition) is 9. The second-order valence-electron chi connectivity index (χ2n) is 13.3. The summed E-state index contributed by atoms with van der Waals surface area (Å²) in [5.74, 6) is -0.449. The largest absolute Gasteiger partial charge is 0.494 e. The fourth-order valence-corrected chi connectivity index (χ4v) is 7.48. The van der Waals surface area contributed by atoms with Crippen LogP contribution in [-0.4, -0.2) is 77.3 Å². The van der Waals surface area contributed by atoms with Gasteiger partial charge in [0.15, 0.2) is 17.5 Å². The Morgan fingerprint density at radius 2 is 1.78 bits per heavy atom. The molecular formula is C35H39F5N8O2. The predicted molar refractivity (Wildman–Crippen MR) is 178 cm³/mol. The van der Waals surface area contributed by atoms with Crippen molar-refractivity contribution >= 4 is 23.0 Å². The van der Waals surface area contributed by atoms with Crippen LogP contribution in [0.5, 0.6) is 5.75 Å². The maximum Gasteiger partial charge on any atom is 0.401 e. The van der Waals surface area contributed by atoms with E-state index < -0.39 is 30.4 Å². The van der Waals surface area contributed by atoms with Crippen LogP contribution in [0.4, 0.5) is 45.0 Å². The van der Waals surface area contributed by atoms with Crippen LogP contribution in [0.2, 0.25) is 0 Å². The number of methoxy groups -OCH3 is 1. The fourth-order valence-electron chi connectivity index (χ4n) is 7.48. The summed E-state index contributed by atoms with van der Waals surface area (Å²) < 4.78 is 75.3. The Bertz CT molecular complexity index is 1820. The predicted octanol–water partition coefficient (Wildman–Crippen LogP) is 7.04. The Labute approximate surface area is 286 Å². The van der Waals surface area contributed by atoms with E-state index in [1.165, 1.54) is 22.4 Å². The molecule has 1 spiro atoms. The zero-order valence-electron chi connectivity index (χ0n) is 27.9. The highest BCUT2D eigenvalue weighted by atomic mass is 19.4. The quantitative estimate of drug-likeness (QED) is 0.195. The van der Waals surface area contributed by atoms with E-state index in [0.29, 0.717) is 49.2 Å². The molecule has 266 valence electrons. The molecule has 0 radical (unpaired) electrons. The number of aromatic nitrogens is 4. The molecule has 1 atom stereocenters. The number of nitrogens with one attached hydrogen (secondary N) is 1. The van der Waals surface area contributed by atoms with Crippen molar-refractivity contribution in [3.63, 3.8) is 0 Å². The number of ether oxygens (including phenoxy) is 1. The van der Waals surface area contributed by atoms with Crippen molar-refractivity contribution in [2.45, 2.75) is 44.3 Å². The zero-order valence-corrected chi connectivity index (χ0v) is 27.9. The monoisotopic (exact) mass is 698 g/mol. The molecule has 0 unspecified atom stereocenters. The van der Waals surface area contributed by atoms with E-state index in [1.807, 2.05) is 25.4 Å². The van der Waals surface area contributed by atoms with Crippen LogP contribution in [0.3, 0.4) is 0 Å². The van der Waals surface area contributed by atoms with Gasteiger partial charge < -0.3 is 15.0 Å². The maximum atomic E-state index is 14.7. The summed E-state index contributed by atoms with van der Waals surface area (Å²) >= 11 is 0. The number of aryl methyl sites for hydroxylation is 1. The van der Waals surface area contributed by atoms with E-state index in [2.05, 4.69) is 25.3 Å². The molecule has 4 aromatic rings. The molecule has 0 saturated carbocycles. The first-order valence-corrected chi connectivity index (χ1v) is 16.7. The van der Waals surface area contributed by atoms with Crippen molar-refractivity contribution < 1.29 is 31.5 Å². The number of alkyl halides is 3. The Kier molecular flexibility index (Phi) is 9.28. The van der Waals surface area contributed by atoms with Crippen LogP contribution >= 0.6 is 0 Å². The molecule has 1 N–H and O–H groups in total. The lowest BCUT2D eigenvalue weighted by Gasteiger charge is -2.47. The summed E-state index contributed by atoms with van der Waals surface area (Å²) in [6, 6.07) is 9.18. The van der Waals surface area contributed by atoms with Crippen molar-refractivity contribution in [1.29, 1.82) is 0 Å². The van der Waals surface area contributed by atoms with E-state index in [1.54, 1.807) is 30.1 Å². The van der Waals surface area contributed by atoms with Gasteiger partial charge in [-0.3, -0.25) is 14.4 Å². The molecule has 3 aliphatic heterocycles. The summed E-state index contributed by atoms with van der Waals surface area (Å²) in [6.45, 7) is 1.92. The molecule has 10 nitrogen and oxygen atoms in total. The van der Waals surface area contributed by atoms with Gasteiger partial charge in [-0.15, -0.1) is 0 Å². The minimum atomic E-state index is -4.18. The van der Waals surface area contributed by atoms with Gasteiger partial charge in [0.1, 0.15) is 17.9 Å². The molecule has 50 heavy (non-hydrogen) atoms. The van der Waals surface area contributed by atoms with E-state index in [-0.39, 0.29) is 11.0 Å². The van der Waals surface area contributed by atoms with Gasteiger partial charge in [-0.2, -0.15) is 18.3 Å². The molecule has 0 amide bonds. The molecule has 15 heteroatoms. The van der Waals surface area contributed by atoms with E-state index in [0.717, 1.165) is 61.7 Å². The lowest BCUT2D eigenvalue weighted by molar-refractivity contribution is -0.151. The molecule has 3 aliphatic rings. The minimum Gasteiger partial charge on any atom is -0.494 e. The smallest absolute Gasteiger partial charge is 0.401 e. The summed E-state index contributed by atoms with van der Waals surface area (Å²) in [4.78, 5) is 18.4. The van der Waals surface area contributed by atoms with Gasteiger partial charge in [0.05, 0.1) is 38.2 Å². The summed E-state index contributed by atoms with van der Waals surface area (Å²) in [7, 11) is 3.45. The van der Waals surface area contributed by atoms with Crippen LogP contribution in [0.25, 0.3) is 11.1 Å². The first-order valence-electron chi connectivity index (χ1n) is 16.7. The second kappa shape index (κ2) is 13.7. The topological polar surface area (TPSA) is 83.8 Å². The molecule has 3 saturated heterocycles. The van der Waals surface area contributed by atoms with Crippen molar-refractivity contribution in [2.75, 3.05) is 61.7 Å². The van der Waals surface area contributed by atoms with Gasteiger partial charge in [0.25, 0.3) is 0 Å². The summed E-state index contributed by atoms with van der Waals surface area (Å²) in [5.41, 5.74) is 3.67. The number of piperidine rings is 2. The highest BCUT2D eigenvalue weighted by Crippen LogP contribution is 2.46. The van der Waals surface area contributed by atoms with E-state index in [9.17, 15) is 22.0 Å². The van der Waals surface area contributed by atoms with Gasteiger partial charge in [-0.25, -0.2) is 23.8 Å². The van der Waals surface area contributed by atoms with Crippen LogP contribution in [-0.2, 0) is 11.9 Å². The van der Waals surface area contributed by atoms with Gasteiger partial charge in [0, 0.05) is 67.3 Å². The molecule has 2 aromatic carbocycles. The maximum absolute atomic E-state index is 14.7. The van der Waals surface area contributed by atoms with E-state index in [4.69, 9.17) is 9.57 Å². The second-order valence-corrected chi connectivity index (χ2v) is 13.3. The molecule has 5 heterocycles. The summed E-state index contributed by atoms with van der Waals surface area (Å²) in [5, 5.41) is 9.24. The van der Waals surface area contributed by atoms with Crippen molar-refractivity contribution in [2.24, 2.45) is 12.5 Å². The molecule has 2 aromatic heterocycles. The van der Waals surface area contributed by atoms with Crippen molar-refractivity contribution in [3.8, 4) is 16.9 Å². The van der Waals surface area contributed by atoms with Gasteiger partial charge in [-0.1, -0.05) is 12.1 Å². The standard InChI is InChI=1S/C35H39F5N8O2/c1-45-20-23(19-43-45)25-16-27(44-31-18-32(42-22-41-31)48-28(6-15-50-48)24-4-3-5-26(36)33(24)37)30(49-2)17-29(25)47-13-9-34(10-14-47)7-11-46(12-8-34)21-35(38,39)40/h3-5,16-20,22,28H,6-15,21H2,1-2H3,(H,41,42,44)/t28-/m1/s1. The number of hydrogen-bond donors (Lipinski definition) is 1. The Morgan fingerprint density at radius 1 is 1.02 bits per heavy atom. The Morgan fingerprint density at radius 3 is 2.48 bits per heavy atom. The van der Waals surface area contributed by atoms with Crippen LogP contribution in [0.1, 0.15) is 43.7 Å². The molecular weight excluding hydrogens is 659 g/mol. The highest BCUT2D eigenvalue weighted by molar-refractivity contribution is 5.85. The average Bonchev–Trinajstić information content (AvgIpc) is 3.77. The fraction of sp³-hybridized carbons (Fsp3) is 0.457. The number of hydroxylamine groups is 1. The number of halogens is 5. The zero-order chi connectivity index (χ0) is 35.0. The third-order valence-corrected chi connectivity index (χ3v) is 10.2. The lowest BCUT2D eigenvalue weighted by Crippen LogP contribution is -2.48. The average molecular weight is 699 g/mol. The Balaban J connectivity index is 1.13. The third kappa shape index (κ3) is 7.06. The van der Waals surface area contributed by atoms with Crippen LogP contribution < -0.4 is 20.0 Å². The first-order chi connectivity index (χ1) is 24.0. The number of rotatable bonds is 8. The third-order valence-electron chi connectivity index (χ3n) is 10.2. The molecule has 3 fully saturated rings. The van der Waals surface area contributed by atoms with Crippen LogP contribution in [0, 0.1) is 17.0 Å². The number of nitrogens with zero attached hydrogens (tertiary/aromatic N) is 7. The van der Waals surface area contributed by atoms with Gasteiger partial charge in [-0.05, 0) is 56.3 Å². The number of anilines is 4. The van der Waals surface area contributed by atoms with E-state index >= 15 is 0 Å². The molecule has 0 bridgehead atoms. The SMILES string of the molecule is COc1cc(N2CCC3(CCN(CC(F)(F)F)CC3)CC2)c(-c2cnn(C)c2)cc1Nc1cc(N2OCC[C@@H]2c2cccc(F)c2F)ncn1. The van der Waals surface area contributed by atoms with Crippen LogP contribution in [0.15, 0.2) is 55.1 Å². The lowest BCUT2D eigenvalue weighted by atomic mass is 9.71. The minimum absolute atomic E-state index is 0.0435. The molecule has 0 aliphatic carbocycles. The first kappa shape index (κ1) is 34.0. The highest BCUT2D eigenvalue weighted by Gasteiger charge is 2.41. The van der Waals surface area contributed by atoms with Gasteiger partial charge in [0.2, 0.25) is 0 Å². The molecule has 7 rings (SSSR count).